The second-order valence-electron chi connectivity index (χ2n) is 8.21. The van der Waals surface area contributed by atoms with Gasteiger partial charge < -0.3 is 14.8 Å². The van der Waals surface area contributed by atoms with Crippen LogP contribution in [-0.2, 0) is 9.47 Å². The molecule has 1 unspecified atom stereocenters. The summed E-state index contributed by atoms with van der Waals surface area (Å²) in [5, 5.41) is 3.51. The molecule has 1 saturated heterocycles. The maximum Gasteiger partial charge on any atom is 0.0773 e. The lowest BCUT2D eigenvalue weighted by atomic mass is 9.80. The summed E-state index contributed by atoms with van der Waals surface area (Å²) >= 11 is 0. The van der Waals surface area contributed by atoms with E-state index in [0.29, 0.717) is 12.1 Å². The highest BCUT2D eigenvalue weighted by Gasteiger charge is 2.34. The molecule has 0 aromatic rings. The first-order chi connectivity index (χ1) is 9.88. The zero-order chi connectivity index (χ0) is 15.5. The Hall–Kier alpha value is -0.120. The van der Waals surface area contributed by atoms with Crippen molar-refractivity contribution in [1.29, 1.82) is 0 Å². The smallest absolute Gasteiger partial charge is 0.0773 e. The number of hydrogen-bond donors (Lipinski definition) is 1. The van der Waals surface area contributed by atoms with Crippen molar-refractivity contribution < 1.29 is 9.47 Å². The van der Waals surface area contributed by atoms with E-state index in [-0.39, 0.29) is 11.5 Å². The van der Waals surface area contributed by atoms with Gasteiger partial charge in [-0.25, -0.2) is 0 Å². The number of ether oxygens (including phenoxy) is 2. The lowest BCUT2D eigenvalue weighted by Crippen LogP contribution is -2.52. The second-order valence-corrected chi connectivity index (χ2v) is 8.21. The maximum atomic E-state index is 6.25. The fraction of sp³-hybridized carbons (Fsp3) is 1.00. The summed E-state index contributed by atoms with van der Waals surface area (Å²) in [5.74, 6) is 1.73. The van der Waals surface area contributed by atoms with Crippen molar-refractivity contribution in [2.24, 2.45) is 17.3 Å². The van der Waals surface area contributed by atoms with Crippen molar-refractivity contribution in [2.45, 2.75) is 78.6 Å². The Morgan fingerprint density at radius 1 is 1.19 bits per heavy atom. The molecule has 0 radical (unpaired) electrons. The first-order valence-corrected chi connectivity index (χ1v) is 8.85. The molecule has 0 aromatic heterocycles. The summed E-state index contributed by atoms with van der Waals surface area (Å²) in [6.45, 7) is 14.0. The maximum absolute atomic E-state index is 6.25. The highest BCUT2D eigenvalue weighted by atomic mass is 16.5. The molecule has 2 fully saturated rings. The van der Waals surface area contributed by atoms with E-state index in [1.54, 1.807) is 0 Å². The summed E-state index contributed by atoms with van der Waals surface area (Å²) < 4.78 is 12.2. The van der Waals surface area contributed by atoms with Gasteiger partial charge in [-0.3, -0.25) is 0 Å². The van der Waals surface area contributed by atoms with Crippen LogP contribution >= 0.6 is 0 Å². The molecule has 1 aliphatic carbocycles. The average Bonchev–Trinajstić information content (AvgIpc) is 2.46. The Balaban J connectivity index is 1.72. The molecule has 3 heteroatoms. The van der Waals surface area contributed by atoms with Gasteiger partial charge in [0.25, 0.3) is 0 Å². The van der Waals surface area contributed by atoms with Crippen molar-refractivity contribution in [1.82, 2.24) is 5.32 Å². The van der Waals surface area contributed by atoms with Crippen LogP contribution in [0.4, 0.5) is 0 Å². The van der Waals surface area contributed by atoms with E-state index in [1.165, 1.54) is 25.7 Å². The molecule has 124 valence electrons. The molecular formula is C18H35NO2. The molecule has 1 aliphatic heterocycles. The predicted octanol–water partition coefficient (Wildman–Crippen LogP) is 3.62. The van der Waals surface area contributed by atoms with Crippen molar-refractivity contribution in [2.75, 3.05) is 19.8 Å². The monoisotopic (exact) mass is 297 g/mol. The molecule has 0 amide bonds. The molecule has 2 atom stereocenters. The standard InChI is InChI=1S/C18H35NO2/c1-13(2)15-6-8-16(9-7-15)21-12-18(4,5)17-10-19-14(3)11-20-17/h13-17,19H,6-12H2,1-5H3/t14-,15?,16?,17?/m0/s1. The zero-order valence-corrected chi connectivity index (χ0v) is 14.7. The minimum absolute atomic E-state index is 0.0854. The Morgan fingerprint density at radius 2 is 1.86 bits per heavy atom. The van der Waals surface area contributed by atoms with Crippen LogP contribution in [0.2, 0.25) is 0 Å². The minimum Gasteiger partial charge on any atom is -0.378 e. The van der Waals surface area contributed by atoms with E-state index in [2.05, 4.69) is 39.9 Å². The van der Waals surface area contributed by atoms with Crippen molar-refractivity contribution >= 4 is 0 Å². The van der Waals surface area contributed by atoms with Gasteiger partial charge in [-0.1, -0.05) is 27.7 Å². The molecule has 1 heterocycles. The van der Waals surface area contributed by atoms with Gasteiger partial charge in [0.15, 0.2) is 0 Å². The fourth-order valence-electron chi connectivity index (χ4n) is 3.54. The van der Waals surface area contributed by atoms with E-state index in [1.807, 2.05) is 0 Å². The summed E-state index contributed by atoms with van der Waals surface area (Å²) in [6.07, 6.45) is 5.87. The molecule has 21 heavy (non-hydrogen) atoms. The number of hydrogen-bond acceptors (Lipinski definition) is 3. The Morgan fingerprint density at radius 3 is 2.38 bits per heavy atom. The lowest BCUT2D eigenvalue weighted by Gasteiger charge is -2.40. The fourth-order valence-corrected chi connectivity index (χ4v) is 3.54. The third-order valence-electron chi connectivity index (χ3n) is 5.42. The van der Waals surface area contributed by atoms with Gasteiger partial charge in [0.1, 0.15) is 0 Å². The summed E-state index contributed by atoms with van der Waals surface area (Å²) in [6, 6.07) is 0.476. The van der Waals surface area contributed by atoms with Crippen molar-refractivity contribution in [3.05, 3.63) is 0 Å². The summed E-state index contributed by atoms with van der Waals surface area (Å²) in [7, 11) is 0. The van der Waals surface area contributed by atoms with Crippen LogP contribution in [0.25, 0.3) is 0 Å². The molecule has 0 aromatic carbocycles. The van der Waals surface area contributed by atoms with Crippen LogP contribution in [0.15, 0.2) is 0 Å². The van der Waals surface area contributed by atoms with Crippen LogP contribution in [-0.4, -0.2) is 38.0 Å². The second kappa shape index (κ2) is 7.43. The highest BCUT2D eigenvalue weighted by molar-refractivity contribution is 4.86. The number of nitrogens with one attached hydrogen (secondary N) is 1. The largest absolute Gasteiger partial charge is 0.378 e. The first-order valence-electron chi connectivity index (χ1n) is 8.85. The van der Waals surface area contributed by atoms with Gasteiger partial charge >= 0.3 is 0 Å². The third kappa shape index (κ3) is 4.94. The topological polar surface area (TPSA) is 30.5 Å². The van der Waals surface area contributed by atoms with Crippen molar-refractivity contribution in [3.8, 4) is 0 Å². The Labute approximate surface area is 131 Å². The first kappa shape index (κ1) is 17.2. The number of rotatable bonds is 5. The molecule has 1 N–H and O–H groups in total. The molecule has 2 rings (SSSR count). The molecular weight excluding hydrogens is 262 g/mol. The quantitative estimate of drug-likeness (QED) is 0.840. The molecule has 3 nitrogen and oxygen atoms in total. The lowest BCUT2D eigenvalue weighted by molar-refractivity contribution is -0.106. The van der Waals surface area contributed by atoms with Crippen LogP contribution < -0.4 is 5.32 Å². The molecule has 2 aliphatic rings. The van der Waals surface area contributed by atoms with Crippen LogP contribution in [0.3, 0.4) is 0 Å². The molecule has 0 spiro atoms. The normalized spacial score (nSPS) is 35.1. The summed E-state index contributed by atoms with van der Waals surface area (Å²) in [5.41, 5.74) is 0.0854. The zero-order valence-electron chi connectivity index (χ0n) is 14.7. The van der Waals surface area contributed by atoms with Gasteiger partial charge in [0, 0.05) is 18.0 Å². The predicted molar refractivity (Wildman–Crippen MR) is 87.5 cm³/mol. The van der Waals surface area contributed by atoms with Gasteiger partial charge in [0.2, 0.25) is 0 Å². The van der Waals surface area contributed by atoms with Gasteiger partial charge in [-0.15, -0.1) is 0 Å². The third-order valence-corrected chi connectivity index (χ3v) is 5.42. The Kier molecular flexibility index (Phi) is 6.10. The minimum atomic E-state index is 0.0854. The van der Waals surface area contributed by atoms with Crippen LogP contribution in [0.5, 0.6) is 0 Å². The van der Waals surface area contributed by atoms with E-state index in [0.717, 1.165) is 31.6 Å². The Bertz CT molecular complexity index is 300. The number of morpholine rings is 1. The van der Waals surface area contributed by atoms with Crippen LogP contribution in [0, 0.1) is 17.3 Å². The summed E-state index contributed by atoms with van der Waals surface area (Å²) in [4.78, 5) is 0. The SMILES string of the molecule is CC(C)C1CCC(OCC(C)(C)C2CN[C@@H](C)CO2)CC1. The van der Waals surface area contributed by atoms with Gasteiger partial charge in [-0.2, -0.15) is 0 Å². The van der Waals surface area contributed by atoms with E-state index in [4.69, 9.17) is 9.47 Å². The van der Waals surface area contributed by atoms with E-state index < -0.39 is 0 Å². The van der Waals surface area contributed by atoms with E-state index in [9.17, 15) is 0 Å². The van der Waals surface area contributed by atoms with Gasteiger partial charge in [0.05, 0.1) is 25.4 Å². The molecule has 0 bridgehead atoms. The highest BCUT2D eigenvalue weighted by Crippen LogP contribution is 2.33. The van der Waals surface area contributed by atoms with E-state index >= 15 is 0 Å². The van der Waals surface area contributed by atoms with Crippen LogP contribution in [0.1, 0.15) is 60.3 Å². The van der Waals surface area contributed by atoms with Gasteiger partial charge in [-0.05, 0) is 44.4 Å². The average molecular weight is 297 g/mol. The molecule has 1 saturated carbocycles. The van der Waals surface area contributed by atoms with Crippen molar-refractivity contribution in [3.63, 3.8) is 0 Å².